The Morgan fingerprint density at radius 1 is 1.22 bits per heavy atom. The average Bonchev–Trinajstić information content (AvgIpc) is 2.85. The van der Waals surface area contributed by atoms with Crippen molar-refractivity contribution in [3.8, 4) is 0 Å². The van der Waals surface area contributed by atoms with Crippen LogP contribution in [0.15, 0.2) is 0 Å². The number of methoxy groups -OCH3 is 1. The van der Waals surface area contributed by atoms with Crippen molar-refractivity contribution in [2.24, 2.45) is 0 Å². The topological polar surface area (TPSA) is 56.7 Å². The zero-order chi connectivity index (χ0) is 16.0. The minimum atomic E-state index is -0.357. The third-order valence-electron chi connectivity index (χ3n) is 4.51. The molecule has 0 saturated carbocycles. The van der Waals surface area contributed by atoms with Gasteiger partial charge in [0.25, 0.3) is 0 Å². The number of anilines is 1. The fraction of sp³-hybridized carbons (Fsp3) is 0.600. The highest BCUT2D eigenvalue weighted by Gasteiger charge is 2.44. The number of hydrogen-bond donors (Lipinski definition) is 0. The van der Waals surface area contributed by atoms with E-state index < -0.39 is 0 Å². The Hall–Kier alpha value is -0.990. The normalized spacial score (nSPS) is 20.7. The quantitative estimate of drug-likeness (QED) is 0.788. The minimum Gasteiger partial charge on any atom is -0.378 e. The van der Waals surface area contributed by atoms with Gasteiger partial charge >= 0.3 is 0 Å². The summed E-state index contributed by atoms with van der Waals surface area (Å²) in [4.78, 5) is 12.3. The van der Waals surface area contributed by atoms with E-state index in [-0.39, 0.29) is 10.9 Å². The van der Waals surface area contributed by atoms with E-state index in [9.17, 15) is 0 Å². The van der Waals surface area contributed by atoms with Gasteiger partial charge in [0.1, 0.15) is 5.60 Å². The van der Waals surface area contributed by atoms with Crippen molar-refractivity contribution in [1.82, 2.24) is 9.97 Å². The fourth-order valence-corrected chi connectivity index (χ4v) is 4.67. The standard InChI is InChI=1S/C15H18ClN3O3S/c1-9-10-11(23-12(9)15(20-2)7-22-8-15)13(18-14(16)17-10)19-3-5-21-6-4-19/h3-8H2,1-2H3. The van der Waals surface area contributed by atoms with Gasteiger partial charge in [-0.2, -0.15) is 4.98 Å². The van der Waals surface area contributed by atoms with Gasteiger partial charge in [0.2, 0.25) is 5.28 Å². The number of ether oxygens (including phenoxy) is 3. The number of morpholine rings is 1. The van der Waals surface area contributed by atoms with Crippen LogP contribution in [0.5, 0.6) is 0 Å². The van der Waals surface area contributed by atoms with E-state index in [1.54, 1.807) is 18.4 Å². The molecular formula is C15H18ClN3O3S. The largest absolute Gasteiger partial charge is 0.378 e. The molecule has 0 atom stereocenters. The molecule has 0 N–H and O–H groups in total. The number of aryl methyl sites for hydroxylation is 1. The molecule has 0 unspecified atom stereocenters. The van der Waals surface area contributed by atoms with Crippen molar-refractivity contribution < 1.29 is 14.2 Å². The van der Waals surface area contributed by atoms with E-state index in [2.05, 4.69) is 21.8 Å². The summed E-state index contributed by atoms with van der Waals surface area (Å²) < 4.78 is 17.7. The zero-order valence-corrected chi connectivity index (χ0v) is 14.7. The average molecular weight is 356 g/mol. The van der Waals surface area contributed by atoms with Crippen molar-refractivity contribution in [3.63, 3.8) is 0 Å². The van der Waals surface area contributed by atoms with Gasteiger partial charge in [-0.25, -0.2) is 4.98 Å². The van der Waals surface area contributed by atoms with Crippen LogP contribution < -0.4 is 4.90 Å². The minimum absolute atomic E-state index is 0.280. The monoisotopic (exact) mass is 355 g/mol. The molecule has 0 aliphatic carbocycles. The molecule has 23 heavy (non-hydrogen) atoms. The van der Waals surface area contributed by atoms with Crippen LogP contribution in [0, 0.1) is 6.92 Å². The first-order valence-corrected chi connectivity index (χ1v) is 8.77. The van der Waals surface area contributed by atoms with Crippen molar-refractivity contribution in [2.45, 2.75) is 12.5 Å². The lowest BCUT2D eigenvalue weighted by Crippen LogP contribution is -2.48. The molecule has 6 nitrogen and oxygen atoms in total. The summed E-state index contributed by atoms with van der Waals surface area (Å²) in [7, 11) is 1.73. The van der Waals surface area contributed by atoms with Crippen molar-refractivity contribution in [1.29, 1.82) is 0 Å². The van der Waals surface area contributed by atoms with E-state index in [0.29, 0.717) is 26.4 Å². The summed E-state index contributed by atoms with van der Waals surface area (Å²) in [6, 6.07) is 0. The first-order valence-electron chi connectivity index (χ1n) is 7.57. The Balaban J connectivity index is 1.87. The molecule has 0 aromatic carbocycles. The number of halogens is 1. The summed E-state index contributed by atoms with van der Waals surface area (Å²) in [6.45, 7) is 6.25. The molecule has 124 valence electrons. The summed E-state index contributed by atoms with van der Waals surface area (Å²) in [6.07, 6.45) is 0. The number of aromatic nitrogens is 2. The highest BCUT2D eigenvalue weighted by atomic mass is 35.5. The predicted molar refractivity (Wildman–Crippen MR) is 89.7 cm³/mol. The second-order valence-electron chi connectivity index (χ2n) is 5.84. The van der Waals surface area contributed by atoms with Crippen LogP contribution in [0.25, 0.3) is 10.2 Å². The van der Waals surface area contributed by atoms with Crippen LogP contribution in [0.4, 0.5) is 5.82 Å². The summed E-state index contributed by atoms with van der Waals surface area (Å²) >= 11 is 7.88. The third kappa shape index (κ3) is 2.42. The van der Waals surface area contributed by atoms with Gasteiger partial charge in [0.15, 0.2) is 5.82 Å². The molecule has 8 heteroatoms. The lowest BCUT2D eigenvalue weighted by molar-refractivity contribution is -0.200. The highest BCUT2D eigenvalue weighted by molar-refractivity contribution is 7.20. The van der Waals surface area contributed by atoms with Crippen LogP contribution in [0.2, 0.25) is 5.28 Å². The highest BCUT2D eigenvalue weighted by Crippen LogP contribution is 2.45. The molecule has 0 amide bonds. The Morgan fingerprint density at radius 3 is 2.57 bits per heavy atom. The Morgan fingerprint density at radius 2 is 1.96 bits per heavy atom. The van der Waals surface area contributed by atoms with Crippen LogP contribution >= 0.6 is 22.9 Å². The maximum absolute atomic E-state index is 6.19. The maximum Gasteiger partial charge on any atom is 0.224 e. The molecule has 4 heterocycles. The van der Waals surface area contributed by atoms with E-state index in [1.165, 1.54) is 0 Å². The van der Waals surface area contributed by atoms with Gasteiger partial charge < -0.3 is 19.1 Å². The van der Waals surface area contributed by atoms with Crippen molar-refractivity contribution in [2.75, 3.05) is 51.5 Å². The van der Waals surface area contributed by atoms with E-state index in [1.807, 2.05) is 0 Å². The molecule has 0 spiro atoms. The number of hydrogen-bond acceptors (Lipinski definition) is 7. The molecular weight excluding hydrogens is 338 g/mol. The Kier molecular flexibility index (Phi) is 3.93. The lowest BCUT2D eigenvalue weighted by Gasteiger charge is -2.39. The smallest absolute Gasteiger partial charge is 0.224 e. The summed E-state index contributed by atoms with van der Waals surface area (Å²) in [5, 5.41) is 0.280. The first-order chi connectivity index (χ1) is 11.1. The van der Waals surface area contributed by atoms with Crippen LogP contribution in [0.1, 0.15) is 10.4 Å². The van der Waals surface area contributed by atoms with Crippen LogP contribution in [-0.4, -0.2) is 56.6 Å². The van der Waals surface area contributed by atoms with E-state index >= 15 is 0 Å². The number of rotatable bonds is 3. The predicted octanol–water partition coefficient (Wildman–Crippen LogP) is 2.36. The summed E-state index contributed by atoms with van der Waals surface area (Å²) in [5.74, 6) is 0.897. The zero-order valence-electron chi connectivity index (χ0n) is 13.1. The molecule has 2 aliphatic heterocycles. The number of fused-ring (bicyclic) bond motifs is 1. The second kappa shape index (κ2) is 5.82. The van der Waals surface area contributed by atoms with Gasteiger partial charge in [0.05, 0.1) is 36.6 Å². The van der Waals surface area contributed by atoms with E-state index in [4.69, 9.17) is 25.8 Å². The Labute approximate surface area is 143 Å². The molecule has 2 saturated heterocycles. The molecule has 2 aromatic heterocycles. The van der Waals surface area contributed by atoms with Gasteiger partial charge in [-0.15, -0.1) is 11.3 Å². The van der Waals surface area contributed by atoms with Crippen molar-refractivity contribution in [3.05, 3.63) is 15.7 Å². The first kappa shape index (κ1) is 15.5. The van der Waals surface area contributed by atoms with Crippen molar-refractivity contribution >= 4 is 39.0 Å². The lowest BCUT2D eigenvalue weighted by atomic mass is 9.96. The molecule has 4 rings (SSSR count). The van der Waals surface area contributed by atoms with Gasteiger partial charge in [-0.05, 0) is 24.1 Å². The third-order valence-corrected chi connectivity index (χ3v) is 6.14. The molecule has 2 fully saturated rings. The van der Waals surface area contributed by atoms with Gasteiger partial charge in [0, 0.05) is 25.1 Å². The summed E-state index contributed by atoms with van der Waals surface area (Å²) in [5.41, 5.74) is 1.66. The molecule has 2 aromatic rings. The molecule has 0 bridgehead atoms. The van der Waals surface area contributed by atoms with Crippen LogP contribution in [-0.2, 0) is 19.8 Å². The second-order valence-corrected chi connectivity index (χ2v) is 7.20. The number of thiophene rings is 1. The van der Waals surface area contributed by atoms with Gasteiger partial charge in [-0.1, -0.05) is 0 Å². The fourth-order valence-electron chi connectivity index (χ4n) is 3.10. The number of nitrogens with zero attached hydrogens (tertiary/aromatic N) is 3. The molecule has 2 aliphatic rings. The molecule has 0 radical (unpaired) electrons. The maximum atomic E-state index is 6.19. The Bertz CT molecular complexity index is 736. The van der Waals surface area contributed by atoms with Gasteiger partial charge in [-0.3, -0.25) is 0 Å². The van der Waals surface area contributed by atoms with E-state index in [0.717, 1.165) is 39.6 Å². The SMILES string of the molecule is COC1(c2sc3c(N4CCOCC4)nc(Cl)nc3c2C)COC1. The van der Waals surface area contributed by atoms with Crippen LogP contribution in [0.3, 0.4) is 0 Å².